The Hall–Kier alpha value is -4.79. The molecule has 0 atom stereocenters. The largest absolute Gasteiger partial charge is 0.507 e. The molecule has 0 saturated heterocycles. The standard InChI is InChI=1S/C26H19N5O4/c1-15-10-16(12-31-25(33)17-6-2-3-7-18(17)26(31)34)11-19(23(15)32)24-28-22(29-35-24)13-30-14-27-20-8-4-5-9-21(20)30/h2-11,14,32H,12-13H2,1H3. The van der Waals surface area contributed by atoms with Crippen LogP contribution in [0.4, 0.5) is 0 Å². The van der Waals surface area contributed by atoms with Gasteiger partial charge in [0.25, 0.3) is 17.7 Å². The van der Waals surface area contributed by atoms with Gasteiger partial charge in [-0.25, -0.2) is 4.98 Å². The maximum Gasteiger partial charge on any atom is 0.261 e. The van der Waals surface area contributed by atoms with Crippen LogP contribution in [0.2, 0.25) is 0 Å². The minimum absolute atomic E-state index is 0.000563. The van der Waals surface area contributed by atoms with Crippen LogP contribution in [0.5, 0.6) is 5.75 Å². The van der Waals surface area contributed by atoms with Gasteiger partial charge in [-0.15, -0.1) is 0 Å². The topological polar surface area (TPSA) is 114 Å². The Morgan fingerprint density at radius 1 is 0.914 bits per heavy atom. The lowest BCUT2D eigenvalue weighted by molar-refractivity contribution is 0.0642. The van der Waals surface area contributed by atoms with E-state index in [4.69, 9.17) is 4.52 Å². The van der Waals surface area contributed by atoms with Gasteiger partial charge >= 0.3 is 0 Å². The van der Waals surface area contributed by atoms with Gasteiger partial charge in [-0.3, -0.25) is 14.5 Å². The second-order valence-electron chi connectivity index (χ2n) is 8.43. The van der Waals surface area contributed by atoms with E-state index in [2.05, 4.69) is 15.1 Å². The van der Waals surface area contributed by atoms with Gasteiger partial charge in [0.05, 0.1) is 47.1 Å². The van der Waals surface area contributed by atoms with Crippen molar-refractivity contribution in [3.8, 4) is 17.2 Å². The molecule has 1 aliphatic heterocycles. The number of hydrogen-bond acceptors (Lipinski definition) is 7. The van der Waals surface area contributed by atoms with Crippen LogP contribution in [0.1, 0.15) is 37.7 Å². The number of benzene rings is 3. The number of aromatic nitrogens is 4. The number of rotatable bonds is 5. The summed E-state index contributed by atoms with van der Waals surface area (Å²) in [4.78, 5) is 35.6. The van der Waals surface area contributed by atoms with Crippen LogP contribution in [0.3, 0.4) is 0 Å². The van der Waals surface area contributed by atoms with E-state index >= 15 is 0 Å². The van der Waals surface area contributed by atoms with E-state index in [1.165, 1.54) is 4.90 Å². The SMILES string of the molecule is Cc1cc(CN2C(=O)c3ccccc3C2=O)cc(-c2nc(Cn3cnc4ccccc43)no2)c1O. The Kier molecular flexibility index (Phi) is 4.70. The van der Waals surface area contributed by atoms with Gasteiger partial charge in [0.1, 0.15) is 5.75 Å². The van der Waals surface area contributed by atoms with Crippen LogP contribution >= 0.6 is 0 Å². The number of carbonyl (C=O) groups is 2. The van der Waals surface area contributed by atoms with Gasteiger partial charge in [0.2, 0.25) is 0 Å². The highest BCUT2D eigenvalue weighted by Gasteiger charge is 2.35. The zero-order valence-electron chi connectivity index (χ0n) is 18.7. The Morgan fingerprint density at radius 3 is 2.40 bits per heavy atom. The molecule has 3 heterocycles. The average Bonchev–Trinajstić information content (AvgIpc) is 3.56. The smallest absolute Gasteiger partial charge is 0.261 e. The summed E-state index contributed by atoms with van der Waals surface area (Å²) in [7, 11) is 0. The summed E-state index contributed by atoms with van der Waals surface area (Å²) in [6, 6.07) is 17.9. The van der Waals surface area contributed by atoms with E-state index in [-0.39, 0.29) is 30.0 Å². The molecule has 0 bridgehead atoms. The van der Waals surface area contributed by atoms with Crippen molar-refractivity contribution in [1.82, 2.24) is 24.6 Å². The van der Waals surface area contributed by atoms with Crippen molar-refractivity contribution in [3.05, 3.63) is 95.1 Å². The van der Waals surface area contributed by atoms with Crippen LogP contribution in [0.25, 0.3) is 22.5 Å². The van der Waals surface area contributed by atoms with Crippen molar-refractivity contribution in [1.29, 1.82) is 0 Å². The summed E-state index contributed by atoms with van der Waals surface area (Å²) >= 11 is 0. The molecule has 1 aliphatic rings. The van der Waals surface area contributed by atoms with Crippen molar-refractivity contribution in [2.24, 2.45) is 0 Å². The number of nitrogens with zero attached hydrogens (tertiary/aromatic N) is 5. The molecule has 0 fully saturated rings. The Morgan fingerprint density at radius 2 is 1.63 bits per heavy atom. The number of fused-ring (bicyclic) bond motifs is 2. The highest BCUT2D eigenvalue weighted by molar-refractivity contribution is 6.21. The molecular formula is C26H19N5O4. The van der Waals surface area contributed by atoms with Gasteiger partial charge in [-0.1, -0.05) is 35.5 Å². The maximum atomic E-state index is 12.8. The fourth-order valence-electron chi connectivity index (χ4n) is 4.39. The number of imidazole rings is 1. The quantitative estimate of drug-likeness (QED) is 0.391. The molecule has 1 N–H and O–H groups in total. The molecule has 9 heteroatoms. The first-order valence-corrected chi connectivity index (χ1v) is 11.0. The van der Waals surface area contributed by atoms with Crippen molar-refractivity contribution in [2.75, 3.05) is 0 Å². The minimum atomic E-state index is -0.342. The van der Waals surface area contributed by atoms with Crippen molar-refractivity contribution in [2.45, 2.75) is 20.0 Å². The number of amides is 2. The van der Waals surface area contributed by atoms with Crippen LogP contribution in [-0.4, -0.2) is 41.5 Å². The van der Waals surface area contributed by atoms with Gasteiger partial charge in [-0.2, -0.15) is 4.98 Å². The van der Waals surface area contributed by atoms with Crippen molar-refractivity contribution in [3.63, 3.8) is 0 Å². The van der Waals surface area contributed by atoms with Gasteiger partial charge in [0.15, 0.2) is 5.82 Å². The minimum Gasteiger partial charge on any atom is -0.507 e. The highest BCUT2D eigenvalue weighted by Crippen LogP contribution is 2.34. The Labute approximate surface area is 199 Å². The third-order valence-corrected chi connectivity index (χ3v) is 6.12. The maximum absolute atomic E-state index is 12.8. The fraction of sp³-hybridized carbons (Fsp3) is 0.115. The number of para-hydroxylation sites is 2. The van der Waals surface area contributed by atoms with E-state index in [1.807, 2.05) is 28.8 Å². The van der Waals surface area contributed by atoms with E-state index in [0.717, 1.165) is 11.0 Å². The number of imide groups is 1. The van der Waals surface area contributed by atoms with E-state index < -0.39 is 0 Å². The van der Waals surface area contributed by atoms with Crippen LogP contribution in [0.15, 0.2) is 71.5 Å². The monoisotopic (exact) mass is 465 g/mol. The molecule has 0 radical (unpaired) electrons. The molecule has 0 aliphatic carbocycles. The van der Waals surface area contributed by atoms with Gasteiger partial charge < -0.3 is 14.2 Å². The fourth-order valence-corrected chi connectivity index (χ4v) is 4.39. The molecule has 35 heavy (non-hydrogen) atoms. The summed E-state index contributed by atoms with van der Waals surface area (Å²) < 4.78 is 7.37. The molecule has 6 rings (SSSR count). The van der Waals surface area contributed by atoms with E-state index in [9.17, 15) is 14.7 Å². The summed E-state index contributed by atoms with van der Waals surface area (Å²) in [6.07, 6.45) is 1.71. The molecule has 5 aromatic rings. The molecule has 172 valence electrons. The highest BCUT2D eigenvalue weighted by atomic mass is 16.5. The van der Waals surface area contributed by atoms with Crippen molar-refractivity contribution < 1.29 is 19.2 Å². The third kappa shape index (κ3) is 3.45. The molecule has 0 unspecified atom stereocenters. The number of aryl methyl sites for hydroxylation is 1. The number of aromatic hydroxyl groups is 1. The summed E-state index contributed by atoms with van der Waals surface area (Å²) in [5.41, 5.74) is 4.15. The van der Waals surface area contributed by atoms with E-state index in [1.54, 1.807) is 49.6 Å². The Balaban J connectivity index is 1.29. The van der Waals surface area contributed by atoms with Crippen LogP contribution in [-0.2, 0) is 13.1 Å². The second-order valence-corrected chi connectivity index (χ2v) is 8.43. The van der Waals surface area contributed by atoms with Gasteiger partial charge in [-0.05, 0) is 48.4 Å². The first-order chi connectivity index (χ1) is 17.0. The molecule has 0 spiro atoms. The van der Waals surface area contributed by atoms with Gasteiger partial charge in [0, 0.05) is 0 Å². The van der Waals surface area contributed by atoms with Crippen molar-refractivity contribution >= 4 is 22.8 Å². The normalized spacial score (nSPS) is 13.1. The lowest BCUT2D eigenvalue weighted by atomic mass is 10.0. The molecular weight excluding hydrogens is 446 g/mol. The molecule has 2 amide bonds. The number of carbonyl (C=O) groups excluding carboxylic acids is 2. The second kappa shape index (κ2) is 7.91. The first-order valence-electron chi connectivity index (χ1n) is 11.0. The molecule has 0 saturated carbocycles. The Bertz CT molecular complexity index is 1600. The number of hydrogen-bond donors (Lipinski definition) is 1. The van der Waals surface area contributed by atoms with Crippen LogP contribution in [0, 0.1) is 6.92 Å². The molecule has 3 aromatic carbocycles. The number of phenolic OH excluding ortho intramolecular Hbond substituents is 1. The average molecular weight is 465 g/mol. The van der Waals surface area contributed by atoms with E-state index in [0.29, 0.717) is 40.2 Å². The first kappa shape index (κ1) is 20.8. The molecule has 2 aromatic heterocycles. The predicted molar refractivity (Wildman–Crippen MR) is 126 cm³/mol. The number of phenols is 1. The zero-order chi connectivity index (χ0) is 24.1. The lowest BCUT2D eigenvalue weighted by Gasteiger charge is -2.15. The van der Waals surface area contributed by atoms with Crippen LogP contribution < -0.4 is 0 Å². The summed E-state index contributed by atoms with van der Waals surface area (Å²) in [5.74, 6) is -0.115. The summed E-state index contributed by atoms with van der Waals surface area (Å²) in [5, 5.41) is 14.8. The zero-order valence-corrected chi connectivity index (χ0v) is 18.7. The summed E-state index contributed by atoms with van der Waals surface area (Å²) in [6.45, 7) is 2.14. The predicted octanol–water partition coefficient (Wildman–Crippen LogP) is 3.94. The lowest BCUT2D eigenvalue weighted by Crippen LogP contribution is -2.29. The third-order valence-electron chi connectivity index (χ3n) is 6.12. The molecule has 9 nitrogen and oxygen atoms in total.